The Hall–Kier alpha value is -3.81. The molecule has 43 heavy (non-hydrogen) atoms. The largest absolute Gasteiger partial charge is 0.429 e. The van der Waals surface area contributed by atoms with Crippen LogP contribution in [0.2, 0.25) is 0 Å². The molecule has 1 saturated carbocycles. The van der Waals surface area contributed by atoms with Crippen molar-refractivity contribution in [2.45, 2.75) is 70.3 Å². The monoisotopic (exact) mass is 597 g/mol. The van der Waals surface area contributed by atoms with Crippen LogP contribution >= 0.6 is 0 Å². The number of hydrogen-bond acceptors (Lipinski definition) is 2. The first-order chi connectivity index (χ1) is 20.6. The number of alkyl halides is 2. The third-order valence-electron chi connectivity index (χ3n) is 8.32. The van der Waals surface area contributed by atoms with E-state index in [4.69, 9.17) is 0 Å². The van der Waals surface area contributed by atoms with Crippen molar-refractivity contribution in [2.24, 2.45) is 5.92 Å². The summed E-state index contributed by atoms with van der Waals surface area (Å²) in [6.45, 7) is 2.22. The maximum Gasteiger partial charge on any atom is 0.429 e. The number of ether oxygens (including phenoxy) is 1. The number of rotatable bonds is 10. The van der Waals surface area contributed by atoms with Crippen LogP contribution in [0.25, 0.3) is 22.4 Å². The first-order valence-electron chi connectivity index (χ1n) is 14.7. The highest BCUT2D eigenvalue weighted by atomic mass is 19.3. The van der Waals surface area contributed by atoms with Crippen LogP contribution < -0.4 is 4.74 Å². The highest BCUT2D eigenvalue weighted by Gasteiger charge is 2.38. The molecule has 2 nitrogen and oxygen atoms in total. The van der Waals surface area contributed by atoms with Crippen LogP contribution in [-0.4, -0.2) is 4.98 Å². The standard InChI is InChI=1S/C35H33F6NO/c1-2-3-4-5-22-6-8-23(9-7-22)26-12-17-34(42-21-26)25-10-15-29(32(38)19-25)35(40,41)43-27-13-14-28(31(37)20-27)24-11-16-30(36)33(39)18-24/h10-23H,2-9H2,1H3. The minimum Gasteiger partial charge on any atom is -0.429 e. The van der Waals surface area contributed by atoms with Gasteiger partial charge in [-0.1, -0.05) is 50.8 Å². The predicted molar refractivity (Wildman–Crippen MR) is 155 cm³/mol. The van der Waals surface area contributed by atoms with E-state index >= 15 is 0 Å². The Morgan fingerprint density at radius 1 is 0.744 bits per heavy atom. The number of pyridine rings is 1. The number of halogens is 6. The molecular formula is C35H33F6NO. The van der Waals surface area contributed by atoms with Crippen LogP contribution in [0.3, 0.4) is 0 Å². The van der Waals surface area contributed by atoms with Crippen LogP contribution in [0.1, 0.15) is 75.3 Å². The van der Waals surface area contributed by atoms with Gasteiger partial charge in [0.05, 0.1) is 11.3 Å². The summed E-state index contributed by atoms with van der Waals surface area (Å²) >= 11 is 0. The summed E-state index contributed by atoms with van der Waals surface area (Å²) in [6.07, 6.45) is 7.45. The number of unbranched alkanes of at least 4 members (excludes halogenated alkanes) is 2. The summed E-state index contributed by atoms with van der Waals surface area (Å²) in [5.41, 5.74) is 0.790. The van der Waals surface area contributed by atoms with E-state index in [1.807, 2.05) is 6.07 Å². The smallest absolute Gasteiger partial charge is 0.429 e. The highest BCUT2D eigenvalue weighted by Crippen LogP contribution is 2.39. The average molecular weight is 598 g/mol. The fraction of sp³-hybridized carbons (Fsp3) is 0.343. The van der Waals surface area contributed by atoms with Crippen LogP contribution in [0.15, 0.2) is 72.9 Å². The van der Waals surface area contributed by atoms with E-state index in [-0.39, 0.29) is 11.1 Å². The topological polar surface area (TPSA) is 22.1 Å². The molecule has 1 heterocycles. The average Bonchev–Trinajstić information content (AvgIpc) is 2.99. The van der Waals surface area contributed by atoms with Crippen LogP contribution in [0.5, 0.6) is 5.75 Å². The van der Waals surface area contributed by atoms with E-state index in [0.29, 0.717) is 23.2 Å². The molecule has 0 aliphatic heterocycles. The predicted octanol–water partition coefficient (Wildman–Crippen LogP) is 11.0. The molecular weight excluding hydrogens is 564 g/mol. The van der Waals surface area contributed by atoms with Crippen LogP contribution in [-0.2, 0) is 6.11 Å². The molecule has 0 bridgehead atoms. The molecule has 0 radical (unpaired) electrons. The molecule has 1 aromatic heterocycles. The highest BCUT2D eigenvalue weighted by molar-refractivity contribution is 5.65. The molecule has 226 valence electrons. The van der Waals surface area contributed by atoms with Gasteiger partial charge in [-0.05, 0) is 91.1 Å². The Morgan fingerprint density at radius 3 is 2.14 bits per heavy atom. The third kappa shape index (κ3) is 7.23. The van der Waals surface area contributed by atoms with Crippen LogP contribution in [0, 0.1) is 29.2 Å². The maximum absolute atomic E-state index is 15.0. The molecule has 1 aliphatic rings. The minimum absolute atomic E-state index is 0.0168. The molecule has 0 amide bonds. The van der Waals surface area contributed by atoms with Gasteiger partial charge in [-0.3, -0.25) is 4.98 Å². The van der Waals surface area contributed by atoms with E-state index in [1.54, 1.807) is 12.3 Å². The summed E-state index contributed by atoms with van der Waals surface area (Å²) in [4.78, 5) is 4.49. The fourth-order valence-corrected chi connectivity index (χ4v) is 5.86. The number of hydrogen-bond donors (Lipinski definition) is 0. The first kappa shape index (κ1) is 30.6. The van der Waals surface area contributed by atoms with Crippen molar-refractivity contribution in [3.63, 3.8) is 0 Å². The lowest BCUT2D eigenvalue weighted by molar-refractivity contribution is -0.187. The number of aromatic nitrogens is 1. The van der Waals surface area contributed by atoms with Crippen molar-refractivity contribution in [1.82, 2.24) is 4.98 Å². The zero-order valence-corrected chi connectivity index (χ0v) is 23.9. The second kappa shape index (κ2) is 13.2. The normalized spacial score (nSPS) is 17.2. The SMILES string of the molecule is CCCCCC1CCC(c2ccc(-c3ccc(C(F)(F)Oc4ccc(-c5ccc(F)c(F)c5)c(F)c4)c(F)c3)nc2)CC1. The molecule has 1 aliphatic carbocycles. The van der Waals surface area contributed by atoms with E-state index in [0.717, 1.165) is 66.8 Å². The lowest BCUT2D eigenvalue weighted by atomic mass is 9.77. The van der Waals surface area contributed by atoms with Crippen LogP contribution in [0.4, 0.5) is 26.3 Å². The molecule has 4 aromatic rings. The second-order valence-electron chi connectivity index (χ2n) is 11.3. The minimum atomic E-state index is -4.12. The number of benzene rings is 3. The summed E-state index contributed by atoms with van der Waals surface area (Å²) in [5, 5.41) is 0. The first-order valence-corrected chi connectivity index (χ1v) is 14.7. The van der Waals surface area contributed by atoms with Gasteiger partial charge in [0.2, 0.25) is 0 Å². The van der Waals surface area contributed by atoms with E-state index in [9.17, 15) is 26.3 Å². The van der Waals surface area contributed by atoms with Gasteiger partial charge in [0, 0.05) is 23.4 Å². The molecule has 0 unspecified atom stereocenters. The van der Waals surface area contributed by atoms with Crippen molar-refractivity contribution < 1.29 is 31.1 Å². The lowest BCUT2D eigenvalue weighted by Gasteiger charge is -2.28. The van der Waals surface area contributed by atoms with E-state index < -0.39 is 40.7 Å². The molecule has 8 heteroatoms. The van der Waals surface area contributed by atoms with Crippen molar-refractivity contribution in [3.05, 3.63) is 107 Å². The Labute approximate surface area is 247 Å². The van der Waals surface area contributed by atoms with Gasteiger partial charge < -0.3 is 4.74 Å². The van der Waals surface area contributed by atoms with E-state index in [2.05, 4.69) is 16.6 Å². The molecule has 0 saturated heterocycles. The summed E-state index contributed by atoms with van der Waals surface area (Å²) < 4.78 is 91.0. The van der Waals surface area contributed by atoms with Gasteiger partial charge in [0.1, 0.15) is 17.4 Å². The molecule has 0 spiro atoms. The molecule has 1 fully saturated rings. The van der Waals surface area contributed by atoms with Crippen molar-refractivity contribution >= 4 is 0 Å². The quantitative estimate of drug-likeness (QED) is 0.134. The van der Waals surface area contributed by atoms with Gasteiger partial charge in [-0.25, -0.2) is 17.6 Å². The Kier molecular flexibility index (Phi) is 9.43. The Morgan fingerprint density at radius 2 is 1.49 bits per heavy atom. The van der Waals surface area contributed by atoms with Crippen molar-refractivity contribution in [3.8, 4) is 28.1 Å². The van der Waals surface area contributed by atoms with Crippen molar-refractivity contribution in [1.29, 1.82) is 0 Å². The molecule has 0 N–H and O–H groups in total. The van der Waals surface area contributed by atoms with Gasteiger partial charge in [0.25, 0.3) is 0 Å². The molecule has 0 atom stereocenters. The second-order valence-corrected chi connectivity index (χ2v) is 11.3. The Bertz CT molecular complexity index is 1550. The lowest BCUT2D eigenvalue weighted by Crippen LogP contribution is -2.23. The summed E-state index contributed by atoms with van der Waals surface area (Å²) in [5.74, 6) is -3.80. The van der Waals surface area contributed by atoms with Gasteiger partial charge in [-0.2, -0.15) is 8.78 Å². The van der Waals surface area contributed by atoms with Gasteiger partial charge >= 0.3 is 6.11 Å². The van der Waals surface area contributed by atoms with Gasteiger partial charge in [-0.15, -0.1) is 0 Å². The van der Waals surface area contributed by atoms with Gasteiger partial charge in [0.15, 0.2) is 11.6 Å². The zero-order chi connectivity index (χ0) is 30.6. The summed E-state index contributed by atoms with van der Waals surface area (Å²) in [6, 6.07) is 12.6. The van der Waals surface area contributed by atoms with Crippen molar-refractivity contribution in [2.75, 3.05) is 0 Å². The number of nitrogens with zero attached hydrogens (tertiary/aromatic N) is 1. The zero-order valence-electron chi connectivity index (χ0n) is 23.9. The molecule has 5 rings (SSSR count). The third-order valence-corrected chi connectivity index (χ3v) is 8.32. The maximum atomic E-state index is 15.0. The Balaban J connectivity index is 1.24. The summed E-state index contributed by atoms with van der Waals surface area (Å²) in [7, 11) is 0. The fourth-order valence-electron chi connectivity index (χ4n) is 5.86. The molecule has 3 aromatic carbocycles. The van der Waals surface area contributed by atoms with E-state index in [1.165, 1.54) is 44.6 Å².